The van der Waals surface area contributed by atoms with E-state index in [1.165, 1.54) is 18.2 Å². The molecule has 0 amide bonds. The molecular weight excluding hydrogens is 346 g/mol. The van der Waals surface area contributed by atoms with Gasteiger partial charge >= 0.3 is 0 Å². The molecule has 0 bridgehead atoms. The molecule has 0 aromatic heterocycles. The molecule has 2 saturated heterocycles. The number of hydrogen-bond acceptors (Lipinski definition) is 3. The second kappa shape index (κ2) is 6.92. The molecule has 1 aromatic rings. The average molecular weight is 372 g/mol. The van der Waals surface area contributed by atoms with Crippen molar-refractivity contribution >= 4 is 22.6 Å². The summed E-state index contributed by atoms with van der Waals surface area (Å²) >= 11 is 0. The summed E-state index contributed by atoms with van der Waals surface area (Å²) in [6.45, 7) is 2.78. The van der Waals surface area contributed by atoms with Gasteiger partial charge in [-0.25, -0.2) is 4.72 Å². The summed E-state index contributed by atoms with van der Waals surface area (Å²) in [6, 6.07) is 9.17. The van der Waals surface area contributed by atoms with E-state index in [-0.39, 0.29) is 18.4 Å². The van der Waals surface area contributed by atoms with Crippen LogP contribution in [-0.4, -0.2) is 50.3 Å². The lowest BCUT2D eigenvalue weighted by atomic mass is 9.77. The smallest absolute Gasteiger partial charge is 0.279 e. The molecule has 1 aromatic carbocycles. The largest absolute Gasteiger partial charge is 0.296 e. The molecule has 7 heteroatoms. The monoisotopic (exact) mass is 371 g/mol. The van der Waals surface area contributed by atoms with Crippen LogP contribution < -0.4 is 4.72 Å². The minimum absolute atomic E-state index is 0. The molecule has 1 N–H and O–H groups in total. The normalized spacial score (nSPS) is 30.6. The van der Waals surface area contributed by atoms with E-state index in [4.69, 9.17) is 0 Å². The fourth-order valence-corrected chi connectivity index (χ4v) is 5.99. The lowest BCUT2D eigenvalue weighted by molar-refractivity contribution is 0.0216. The molecule has 24 heavy (non-hydrogen) atoms. The Morgan fingerprint density at radius 2 is 2.00 bits per heavy atom. The molecule has 4 rings (SSSR count). The molecule has 0 radical (unpaired) electrons. The number of piperidine rings is 2. The van der Waals surface area contributed by atoms with Crippen molar-refractivity contribution in [2.24, 2.45) is 5.92 Å². The first-order valence-corrected chi connectivity index (χ1v) is 10.1. The number of halogens is 1. The van der Waals surface area contributed by atoms with Gasteiger partial charge in [0.15, 0.2) is 0 Å². The number of fused-ring (bicyclic) bond motifs is 4. The first-order chi connectivity index (χ1) is 11.1. The highest BCUT2D eigenvalue weighted by molar-refractivity contribution is 7.87. The highest BCUT2D eigenvalue weighted by Crippen LogP contribution is 2.43. The van der Waals surface area contributed by atoms with E-state index < -0.39 is 10.2 Å². The first-order valence-electron chi connectivity index (χ1n) is 8.62. The van der Waals surface area contributed by atoms with Crippen molar-refractivity contribution in [1.29, 1.82) is 0 Å². The van der Waals surface area contributed by atoms with Gasteiger partial charge in [0.05, 0.1) is 0 Å². The van der Waals surface area contributed by atoms with Crippen molar-refractivity contribution in [3.8, 4) is 0 Å². The second-order valence-corrected chi connectivity index (χ2v) is 8.81. The van der Waals surface area contributed by atoms with Crippen LogP contribution in [0.4, 0.5) is 0 Å². The average Bonchev–Trinajstić information content (AvgIpc) is 2.59. The van der Waals surface area contributed by atoms with Crippen LogP contribution in [-0.2, 0) is 16.6 Å². The Bertz CT molecular complexity index is 697. The fourth-order valence-electron chi connectivity index (χ4n) is 4.77. The van der Waals surface area contributed by atoms with Crippen molar-refractivity contribution in [2.45, 2.75) is 37.8 Å². The third kappa shape index (κ3) is 2.99. The van der Waals surface area contributed by atoms with Crippen molar-refractivity contribution in [2.75, 3.05) is 26.7 Å². The maximum absolute atomic E-state index is 12.4. The Morgan fingerprint density at radius 1 is 1.21 bits per heavy atom. The van der Waals surface area contributed by atoms with Crippen LogP contribution in [0.3, 0.4) is 0 Å². The Hall–Kier alpha value is -0.660. The van der Waals surface area contributed by atoms with Crippen molar-refractivity contribution < 1.29 is 8.42 Å². The fraction of sp³-hybridized carbons (Fsp3) is 0.647. The number of nitrogens with one attached hydrogen (secondary N) is 1. The van der Waals surface area contributed by atoms with Crippen LogP contribution in [0.2, 0.25) is 0 Å². The first kappa shape index (κ1) is 18.1. The third-order valence-corrected chi connectivity index (χ3v) is 7.48. The van der Waals surface area contributed by atoms with E-state index in [0.29, 0.717) is 18.5 Å². The molecule has 0 saturated carbocycles. The van der Waals surface area contributed by atoms with E-state index in [9.17, 15) is 8.42 Å². The SMILES string of the molecule is CNS(=O)(=O)N1CCC[C@@H]2CN3CCc4ccccc4[C@@H]3C[C@@H]21.Cl. The van der Waals surface area contributed by atoms with Crippen LogP contribution >= 0.6 is 12.4 Å². The molecule has 0 spiro atoms. The summed E-state index contributed by atoms with van der Waals surface area (Å²) < 4.78 is 29.1. The number of benzene rings is 1. The van der Waals surface area contributed by atoms with Gasteiger partial charge in [0.25, 0.3) is 10.2 Å². The number of nitrogens with zero attached hydrogens (tertiary/aromatic N) is 2. The molecular formula is C17H26ClN3O2S. The Kier molecular flexibility index (Phi) is 5.23. The Balaban J connectivity index is 0.00000169. The summed E-state index contributed by atoms with van der Waals surface area (Å²) in [6.07, 6.45) is 4.15. The summed E-state index contributed by atoms with van der Waals surface area (Å²) in [5.74, 6) is 0.466. The van der Waals surface area contributed by atoms with E-state index >= 15 is 0 Å². The van der Waals surface area contributed by atoms with Gasteiger partial charge < -0.3 is 0 Å². The van der Waals surface area contributed by atoms with Gasteiger partial charge in [-0.1, -0.05) is 24.3 Å². The van der Waals surface area contributed by atoms with Gasteiger partial charge in [-0.15, -0.1) is 12.4 Å². The van der Waals surface area contributed by atoms with E-state index in [2.05, 4.69) is 33.9 Å². The predicted octanol–water partition coefficient (Wildman–Crippen LogP) is 1.96. The van der Waals surface area contributed by atoms with Crippen molar-refractivity contribution in [1.82, 2.24) is 13.9 Å². The lowest BCUT2D eigenvalue weighted by Crippen LogP contribution is -2.58. The maximum Gasteiger partial charge on any atom is 0.279 e. The zero-order valence-electron chi connectivity index (χ0n) is 14.0. The minimum atomic E-state index is -3.34. The van der Waals surface area contributed by atoms with Gasteiger partial charge in [0.2, 0.25) is 0 Å². The standard InChI is InChI=1S/C17H25N3O2S.ClH/c1-18-23(21,22)20-9-4-6-14-12-19-10-8-13-5-2-3-7-15(13)17(19)11-16(14)20;/h2-3,5,7,14,16-18H,4,6,8-12H2,1H3;1H/t14-,16+,17+;/m1./s1. The van der Waals surface area contributed by atoms with E-state index in [1.54, 1.807) is 4.31 Å². The summed E-state index contributed by atoms with van der Waals surface area (Å²) in [7, 11) is -1.82. The molecule has 3 heterocycles. The summed E-state index contributed by atoms with van der Waals surface area (Å²) in [5, 5.41) is 0. The molecule has 134 valence electrons. The zero-order chi connectivity index (χ0) is 16.0. The molecule has 3 aliphatic rings. The van der Waals surface area contributed by atoms with Crippen LogP contribution in [0.25, 0.3) is 0 Å². The number of rotatable bonds is 2. The van der Waals surface area contributed by atoms with Gasteiger partial charge in [-0.2, -0.15) is 12.7 Å². The van der Waals surface area contributed by atoms with Crippen molar-refractivity contribution in [3.63, 3.8) is 0 Å². The summed E-state index contributed by atoms with van der Waals surface area (Å²) in [5.41, 5.74) is 2.84. The van der Waals surface area contributed by atoms with Gasteiger partial charge in [0, 0.05) is 38.8 Å². The highest BCUT2D eigenvalue weighted by Gasteiger charge is 2.45. The van der Waals surface area contributed by atoms with Crippen LogP contribution in [0.5, 0.6) is 0 Å². The van der Waals surface area contributed by atoms with Crippen LogP contribution in [0.1, 0.15) is 36.4 Å². The number of hydrogen-bond donors (Lipinski definition) is 1. The molecule has 3 atom stereocenters. The third-order valence-electron chi connectivity index (χ3n) is 5.89. The van der Waals surface area contributed by atoms with Crippen LogP contribution in [0.15, 0.2) is 24.3 Å². The molecule has 5 nitrogen and oxygen atoms in total. The molecule has 3 aliphatic heterocycles. The summed E-state index contributed by atoms with van der Waals surface area (Å²) in [4.78, 5) is 2.58. The predicted molar refractivity (Wildman–Crippen MR) is 97.5 cm³/mol. The van der Waals surface area contributed by atoms with Crippen molar-refractivity contribution in [3.05, 3.63) is 35.4 Å². The van der Waals surface area contributed by atoms with E-state index in [0.717, 1.165) is 38.8 Å². The molecule has 0 aliphatic carbocycles. The minimum Gasteiger partial charge on any atom is -0.296 e. The highest BCUT2D eigenvalue weighted by atomic mass is 35.5. The van der Waals surface area contributed by atoms with Crippen LogP contribution in [0, 0.1) is 5.92 Å². The lowest BCUT2D eigenvalue weighted by Gasteiger charge is -2.51. The second-order valence-electron chi connectivity index (χ2n) is 6.98. The zero-order valence-corrected chi connectivity index (χ0v) is 15.7. The molecule has 0 unspecified atom stereocenters. The quantitative estimate of drug-likeness (QED) is 0.864. The van der Waals surface area contributed by atoms with E-state index in [1.807, 2.05) is 0 Å². The van der Waals surface area contributed by atoms with Gasteiger partial charge in [0.1, 0.15) is 0 Å². The topological polar surface area (TPSA) is 52.7 Å². The molecule has 2 fully saturated rings. The van der Waals surface area contributed by atoms with Gasteiger partial charge in [-0.3, -0.25) is 4.90 Å². The van der Waals surface area contributed by atoms with Gasteiger partial charge in [-0.05, 0) is 42.7 Å². The Labute approximate surface area is 151 Å². The maximum atomic E-state index is 12.4. The Morgan fingerprint density at radius 3 is 2.79 bits per heavy atom.